The van der Waals surface area contributed by atoms with Crippen LogP contribution in [-0.4, -0.2) is 24.6 Å². The number of hydrogen-bond donors (Lipinski definition) is 1. The molecule has 0 atom stereocenters. The van der Waals surface area contributed by atoms with Crippen molar-refractivity contribution in [3.8, 4) is 0 Å². The normalized spacial score (nSPS) is 12.7. The zero-order chi connectivity index (χ0) is 14.7. The minimum absolute atomic E-state index is 0.0599. The van der Waals surface area contributed by atoms with Crippen molar-refractivity contribution in [1.29, 1.82) is 0 Å². The monoisotopic (exact) mass is 451 g/mol. The van der Waals surface area contributed by atoms with E-state index < -0.39 is 15.6 Å². The Hall–Kier alpha value is 0.670. The quantitative estimate of drug-likeness (QED) is 0.656. The topological polar surface area (TPSA) is 46.2 Å². The zero-order valence-corrected chi connectivity index (χ0v) is 15.6. The molecular weight excluding hydrogens is 441 g/mol. The van der Waals surface area contributed by atoms with Crippen LogP contribution in [-0.2, 0) is 10.0 Å². The Kier molecular flexibility index (Phi) is 6.61. The number of benzene rings is 1. The van der Waals surface area contributed by atoms with E-state index in [1.165, 1.54) is 18.2 Å². The summed E-state index contributed by atoms with van der Waals surface area (Å²) in [4.78, 5) is 0.0599. The molecule has 1 rings (SSSR count). The Morgan fingerprint density at radius 3 is 2.00 bits per heavy atom. The zero-order valence-electron chi connectivity index (χ0n) is 10.1. The van der Waals surface area contributed by atoms with Crippen LogP contribution < -0.4 is 4.72 Å². The van der Waals surface area contributed by atoms with Crippen LogP contribution in [0.15, 0.2) is 23.1 Å². The molecule has 0 amide bonds. The number of sulfonamides is 1. The van der Waals surface area contributed by atoms with Gasteiger partial charge in [-0.2, -0.15) is 0 Å². The first-order valence-electron chi connectivity index (χ1n) is 5.40. The van der Waals surface area contributed by atoms with Crippen molar-refractivity contribution in [3.63, 3.8) is 0 Å². The van der Waals surface area contributed by atoms with Gasteiger partial charge in [0.15, 0.2) is 0 Å². The summed E-state index contributed by atoms with van der Waals surface area (Å²) in [6.07, 6.45) is 0.636. The highest BCUT2D eigenvalue weighted by atomic mass is 79.9. The second kappa shape index (κ2) is 7.09. The van der Waals surface area contributed by atoms with Crippen LogP contribution in [0.5, 0.6) is 0 Å². The molecule has 0 aliphatic rings. The lowest BCUT2D eigenvalue weighted by atomic mass is 10.0. The molecule has 19 heavy (non-hydrogen) atoms. The van der Waals surface area contributed by atoms with Gasteiger partial charge in [-0.1, -0.05) is 62.0 Å². The molecule has 0 unspecified atom stereocenters. The number of rotatable bonds is 6. The van der Waals surface area contributed by atoms with Crippen LogP contribution in [0, 0.1) is 0 Å². The molecule has 1 aromatic carbocycles. The Labute approximate surface area is 140 Å². The lowest BCUT2D eigenvalue weighted by Crippen LogP contribution is -2.50. The van der Waals surface area contributed by atoms with E-state index in [4.69, 9.17) is 23.2 Å². The first kappa shape index (κ1) is 17.7. The molecule has 1 N–H and O–H groups in total. The molecule has 0 aromatic heterocycles. The minimum atomic E-state index is -3.68. The summed E-state index contributed by atoms with van der Waals surface area (Å²) in [5, 5.41) is 1.56. The van der Waals surface area contributed by atoms with E-state index in [9.17, 15) is 8.42 Å². The van der Waals surface area contributed by atoms with Gasteiger partial charge < -0.3 is 0 Å². The van der Waals surface area contributed by atoms with E-state index in [-0.39, 0.29) is 14.9 Å². The molecule has 0 heterocycles. The summed E-state index contributed by atoms with van der Waals surface area (Å²) in [6, 6.07) is 4.24. The van der Waals surface area contributed by atoms with Gasteiger partial charge in [-0.05, 0) is 24.6 Å². The lowest BCUT2D eigenvalue weighted by Gasteiger charge is -2.29. The molecule has 0 aliphatic heterocycles. The van der Waals surface area contributed by atoms with Crippen LogP contribution in [0.3, 0.4) is 0 Å². The lowest BCUT2D eigenvalue weighted by molar-refractivity contribution is 0.459. The van der Waals surface area contributed by atoms with Crippen LogP contribution in [0.1, 0.15) is 13.3 Å². The molecule has 0 fully saturated rings. The van der Waals surface area contributed by atoms with Gasteiger partial charge in [0.1, 0.15) is 0 Å². The number of halogens is 4. The molecule has 0 saturated heterocycles. The third-order valence-electron chi connectivity index (χ3n) is 2.69. The van der Waals surface area contributed by atoms with E-state index in [0.29, 0.717) is 17.1 Å². The predicted molar refractivity (Wildman–Crippen MR) is 87.4 cm³/mol. The third-order valence-corrected chi connectivity index (χ3v) is 6.83. The highest BCUT2D eigenvalue weighted by Crippen LogP contribution is 2.25. The second-order valence-corrected chi connectivity index (χ2v) is 7.79. The van der Waals surface area contributed by atoms with E-state index in [1.807, 2.05) is 6.92 Å². The van der Waals surface area contributed by atoms with Crippen molar-refractivity contribution in [3.05, 3.63) is 28.2 Å². The van der Waals surface area contributed by atoms with Crippen LogP contribution in [0.2, 0.25) is 10.0 Å². The van der Waals surface area contributed by atoms with Gasteiger partial charge in [-0.15, -0.1) is 0 Å². The van der Waals surface area contributed by atoms with Crippen molar-refractivity contribution in [2.24, 2.45) is 0 Å². The van der Waals surface area contributed by atoms with Gasteiger partial charge in [0, 0.05) is 20.7 Å². The summed E-state index contributed by atoms with van der Waals surface area (Å²) in [5.74, 6) is 0. The molecule has 3 nitrogen and oxygen atoms in total. The maximum absolute atomic E-state index is 12.4. The van der Waals surface area contributed by atoms with E-state index in [1.54, 1.807) is 0 Å². The largest absolute Gasteiger partial charge is 0.241 e. The molecule has 0 saturated carbocycles. The van der Waals surface area contributed by atoms with Crippen molar-refractivity contribution >= 4 is 65.1 Å². The van der Waals surface area contributed by atoms with E-state index in [0.717, 1.165) is 0 Å². The van der Waals surface area contributed by atoms with Crippen LogP contribution >= 0.6 is 55.1 Å². The third kappa shape index (κ3) is 4.58. The fraction of sp³-hybridized carbons (Fsp3) is 0.455. The first-order chi connectivity index (χ1) is 8.78. The first-order valence-corrected chi connectivity index (χ1v) is 9.89. The Morgan fingerprint density at radius 1 is 1.16 bits per heavy atom. The minimum Gasteiger partial charge on any atom is -0.207 e. The van der Waals surface area contributed by atoms with Gasteiger partial charge in [0.05, 0.1) is 10.4 Å². The fourth-order valence-corrected chi connectivity index (χ4v) is 5.95. The smallest absolute Gasteiger partial charge is 0.207 e. The second-order valence-electron chi connectivity index (χ2n) is 4.11. The van der Waals surface area contributed by atoms with Gasteiger partial charge in [0.2, 0.25) is 10.0 Å². The average molecular weight is 454 g/mol. The molecule has 1 aromatic rings. The highest BCUT2D eigenvalue weighted by molar-refractivity contribution is 9.09. The molecule has 0 bridgehead atoms. The number of nitrogens with one attached hydrogen (secondary N) is 1. The summed E-state index contributed by atoms with van der Waals surface area (Å²) in [5.41, 5.74) is -0.590. The standard InChI is InChI=1S/C11H13Br2Cl2NO2S/c1-2-11(6-12,7-13)16-19(17,18)10-4-8(14)3-9(15)5-10/h3-5,16H,2,6-7H2,1H3. The number of alkyl halides is 2. The summed E-state index contributed by atoms with van der Waals surface area (Å²) in [7, 11) is -3.68. The molecule has 0 aliphatic carbocycles. The molecule has 0 spiro atoms. The van der Waals surface area contributed by atoms with Gasteiger partial charge in [0.25, 0.3) is 0 Å². The average Bonchev–Trinajstić information content (AvgIpc) is 2.35. The predicted octanol–water partition coefficient (Wildman–Crippen LogP) is 4.21. The highest BCUT2D eigenvalue weighted by Gasteiger charge is 2.32. The molecule has 8 heteroatoms. The maximum atomic E-state index is 12.4. The van der Waals surface area contributed by atoms with E-state index >= 15 is 0 Å². The van der Waals surface area contributed by atoms with Crippen LogP contribution in [0.4, 0.5) is 0 Å². The van der Waals surface area contributed by atoms with Gasteiger partial charge in [-0.3, -0.25) is 0 Å². The van der Waals surface area contributed by atoms with Crippen molar-refractivity contribution in [1.82, 2.24) is 4.72 Å². The maximum Gasteiger partial charge on any atom is 0.241 e. The van der Waals surface area contributed by atoms with Crippen molar-refractivity contribution in [2.75, 3.05) is 10.7 Å². The molecule has 0 radical (unpaired) electrons. The van der Waals surface area contributed by atoms with Crippen molar-refractivity contribution < 1.29 is 8.42 Å². The SMILES string of the molecule is CCC(CBr)(CBr)NS(=O)(=O)c1cc(Cl)cc(Cl)c1. The van der Waals surface area contributed by atoms with Gasteiger partial charge in [-0.25, -0.2) is 13.1 Å². The fourth-order valence-electron chi connectivity index (χ4n) is 1.38. The van der Waals surface area contributed by atoms with Crippen LogP contribution in [0.25, 0.3) is 0 Å². The summed E-state index contributed by atoms with van der Waals surface area (Å²) < 4.78 is 27.4. The summed E-state index contributed by atoms with van der Waals surface area (Å²) in [6.45, 7) is 1.91. The molecular formula is C11H13Br2Cl2NO2S. The Morgan fingerprint density at radius 2 is 1.63 bits per heavy atom. The van der Waals surface area contributed by atoms with Gasteiger partial charge >= 0.3 is 0 Å². The molecule has 108 valence electrons. The number of hydrogen-bond acceptors (Lipinski definition) is 2. The Balaban J connectivity index is 3.17. The Bertz CT molecular complexity index is 519. The summed E-state index contributed by atoms with van der Waals surface area (Å²) >= 11 is 18.3. The van der Waals surface area contributed by atoms with E-state index in [2.05, 4.69) is 36.6 Å². The van der Waals surface area contributed by atoms with Crippen molar-refractivity contribution in [2.45, 2.75) is 23.8 Å².